The summed E-state index contributed by atoms with van der Waals surface area (Å²) in [4.78, 5) is 0. The van der Waals surface area contributed by atoms with Gasteiger partial charge in [-0.1, -0.05) is 12.1 Å². The molecule has 1 aromatic rings. The van der Waals surface area contributed by atoms with Crippen LogP contribution in [-0.4, -0.2) is 18.8 Å². The molecule has 0 aliphatic rings. The summed E-state index contributed by atoms with van der Waals surface area (Å²) in [6.45, 7) is 0.348. The average molecular weight is 199 g/mol. The number of halogens is 1. The number of para-hydroxylation sites is 1. The van der Waals surface area contributed by atoms with Crippen molar-refractivity contribution in [3.05, 3.63) is 29.6 Å². The zero-order chi connectivity index (χ0) is 10.6. The van der Waals surface area contributed by atoms with Gasteiger partial charge >= 0.3 is 0 Å². The van der Waals surface area contributed by atoms with E-state index < -0.39 is 11.9 Å². The highest BCUT2D eigenvalue weighted by molar-refractivity contribution is 5.36. The number of nitrogens with two attached hydrogens (primary N) is 1. The van der Waals surface area contributed by atoms with Crippen LogP contribution in [0.5, 0.6) is 5.75 Å². The van der Waals surface area contributed by atoms with Gasteiger partial charge in [0.1, 0.15) is 0 Å². The first kappa shape index (κ1) is 10.9. The van der Waals surface area contributed by atoms with Crippen LogP contribution in [-0.2, 0) is 0 Å². The second kappa shape index (κ2) is 4.93. The predicted molar refractivity (Wildman–Crippen MR) is 51.6 cm³/mol. The topological polar surface area (TPSA) is 55.5 Å². The van der Waals surface area contributed by atoms with Gasteiger partial charge in [0.15, 0.2) is 11.6 Å². The maximum atomic E-state index is 13.2. The summed E-state index contributed by atoms with van der Waals surface area (Å²) in [6.07, 6.45) is -0.384. The lowest BCUT2D eigenvalue weighted by atomic mass is 10.1. The summed E-state index contributed by atoms with van der Waals surface area (Å²) in [6, 6.07) is 4.45. The molecule has 0 heterocycles. The summed E-state index contributed by atoms with van der Waals surface area (Å²) in [5.41, 5.74) is 5.74. The monoisotopic (exact) mass is 199 g/mol. The second-order valence-corrected chi connectivity index (χ2v) is 2.96. The molecule has 0 fully saturated rings. The minimum atomic E-state index is -0.773. The molecule has 0 radical (unpaired) electrons. The Morgan fingerprint density at radius 1 is 1.57 bits per heavy atom. The van der Waals surface area contributed by atoms with Crippen molar-refractivity contribution in [1.82, 2.24) is 0 Å². The van der Waals surface area contributed by atoms with Gasteiger partial charge in [-0.25, -0.2) is 4.39 Å². The molecular formula is C10H14FNO2. The highest BCUT2D eigenvalue weighted by atomic mass is 19.1. The van der Waals surface area contributed by atoms with Gasteiger partial charge in [0.25, 0.3) is 0 Å². The summed E-state index contributed by atoms with van der Waals surface area (Å²) < 4.78 is 18.1. The van der Waals surface area contributed by atoms with Gasteiger partial charge in [-0.2, -0.15) is 0 Å². The molecule has 0 amide bonds. The highest BCUT2D eigenvalue weighted by Crippen LogP contribution is 2.29. The smallest absolute Gasteiger partial charge is 0.165 e. The molecule has 0 bridgehead atoms. The van der Waals surface area contributed by atoms with Crippen LogP contribution >= 0.6 is 0 Å². The van der Waals surface area contributed by atoms with Crippen molar-refractivity contribution in [3.63, 3.8) is 0 Å². The zero-order valence-electron chi connectivity index (χ0n) is 8.03. The molecule has 1 unspecified atom stereocenters. The van der Waals surface area contributed by atoms with E-state index >= 15 is 0 Å². The van der Waals surface area contributed by atoms with Crippen molar-refractivity contribution < 1.29 is 14.2 Å². The number of hydrogen-bond donors (Lipinski definition) is 2. The van der Waals surface area contributed by atoms with Crippen LogP contribution in [0.15, 0.2) is 18.2 Å². The Morgan fingerprint density at radius 2 is 2.29 bits per heavy atom. The molecule has 3 nitrogen and oxygen atoms in total. The van der Waals surface area contributed by atoms with Crippen LogP contribution < -0.4 is 10.5 Å². The highest BCUT2D eigenvalue weighted by Gasteiger charge is 2.15. The lowest BCUT2D eigenvalue weighted by Crippen LogP contribution is -2.08. The SMILES string of the molecule is COc1c(F)cccc1C(O)CCN. The number of aliphatic hydroxyl groups excluding tert-OH is 1. The minimum absolute atomic E-state index is 0.0912. The number of hydrogen-bond acceptors (Lipinski definition) is 3. The number of aliphatic hydroxyl groups is 1. The quantitative estimate of drug-likeness (QED) is 0.766. The molecule has 1 rings (SSSR count). The first-order valence-electron chi connectivity index (χ1n) is 4.41. The van der Waals surface area contributed by atoms with Gasteiger partial charge in [0.05, 0.1) is 13.2 Å². The van der Waals surface area contributed by atoms with E-state index in [0.717, 1.165) is 0 Å². The normalized spacial score (nSPS) is 12.6. The van der Waals surface area contributed by atoms with Gasteiger partial charge in [0.2, 0.25) is 0 Å². The van der Waals surface area contributed by atoms with E-state index in [2.05, 4.69) is 0 Å². The fourth-order valence-corrected chi connectivity index (χ4v) is 1.32. The third-order valence-corrected chi connectivity index (χ3v) is 2.00. The fourth-order valence-electron chi connectivity index (χ4n) is 1.32. The Labute approximate surface area is 82.3 Å². The van der Waals surface area contributed by atoms with Crippen LogP contribution in [0.25, 0.3) is 0 Å². The summed E-state index contributed by atoms with van der Waals surface area (Å²) in [5.74, 6) is -0.380. The molecule has 1 atom stereocenters. The molecule has 78 valence electrons. The summed E-state index contributed by atoms with van der Waals surface area (Å²) in [5, 5.41) is 9.63. The molecule has 0 aliphatic carbocycles. The van der Waals surface area contributed by atoms with E-state index in [1.165, 1.54) is 19.2 Å². The van der Waals surface area contributed by atoms with Gasteiger partial charge < -0.3 is 15.6 Å². The van der Waals surface area contributed by atoms with Crippen molar-refractivity contribution in [2.24, 2.45) is 5.73 Å². The Bertz CT molecular complexity index is 304. The van der Waals surface area contributed by atoms with Gasteiger partial charge in [-0.3, -0.25) is 0 Å². The third-order valence-electron chi connectivity index (χ3n) is 2.00. The number of methoxy groups -OCH3 is 1. The van der Waals surface area contributed by atoms with E-state index in [4.69, 9.17) is 10.5 Å². The Hall–Kier alpha value is -1.13. The molecule has 0 saturated carbocycles. The van der Waals surface area contributed by atoms with E-state index in [9.17, 15) is 9.50 Å². The molecule has 0 aliphatic heterocycles. The lowest BCUT2D eigenvalue weighted by Gasteiger charge is -2.14. The third kappa shape index (κ3) is 2.21. The fraction of sp³-hybridized carbons (Fsp3) is 0.400. The molecule has 0 spiro atoms. The van der Waals surface area contributed by atoms with Crippen LogP contribution in [0.1, 0.15) is 18.1 Å². The van der Waals surface area contributed by atoms with Gasteiger partial charge in [-0.15, -0.1) is 0 Å². The lowest BCUT2D eigenvalue weighted by molar-refractivity contribution is 0.165. The van der Waals surface area contributed by atoms with Crippen molar-refractivity contribution in [2.75, 3.05) is 13.7 Å². The van der Waals surface area contributed by atoms with Crippen LogP contribution in [0.3, 0.4) is 0 Å². The van der Waals surface area contributed by atoms with Crippen molar-refractivity contribution in [3.8, 4) is 5.75 Å². The predicted octanol–water partition coefficient (Wildman–Crippen LogP) is 1.22. The number of benzene rings is 1. The second-order valence-electron chi connectivity index (χ2n) is 2.96. The Balaban J connectivity index is 3.00. The first-order valence-corrected chi connectivity index (χ1v) is 4.41. The average Bonchev–Trinajstić information content (AvgIpc) is 2.17. The minimum Gasteiger partial charge on any atom is -0.493 e. The van der Waals surface area contributed by atoms with Crippen LogP contribution in [0, 0.1) is 5.82 Å². The molecule has 4 heteroatoms. The van der Waals surface area contributed by atoms with Gasteiger partial charge in [0, 0.05) is 5.56 Å². The molecule has 3 N–H and O–H groups in total. The van der Waals surface area contributed by atoms with Crippen LogP contribution in [0.4, 0.5) is 4.39 Å². The van der Waals surface area contributed by atoms with E-state index in [1.54, 1.807) is 6.07 Å². The zero-order valence-corrected chi connectivity index (χ0v) is 8.03. The molecular weight excluding hydrogens is 185 g/mol. The van der Waals surface area contributed by atoms with E-state index in [-0.39, 0.29) is 5.75 Å². The van der Waals surface area contributed by atoms with Crippen molar-refractivity contribution in [2.45, 2.75) is 12.5 Å². The maximum Gasteiger partial charge on any atom is 0.165 e. The van der Waals surface area contributed by atoms with Gasteiger partial charge in [-0.05, 0) is 19.0 Å². The largest absolute Gasteiger partial charge is 0.493 e. The first-order chi connectivity index (χ1) is 6.70. The maximum absolute atomic E-state index is 13.2. The standard InChI is InChI=1S/C10H14FNO2/c1-14-10-7(9(13)5-6-12)3-2-4-8(10)11/h2-4,9,13H,5-6,12H2,1H3. The van der Waals surface area contributed by atoms with Crippen LogP contribution in [0.2, 0.25) is 0 Å². The van der Waals surface area contributed by atoms with Crippen molar-refractivity contribution in [1.29, 1.82) is 0 Å². The molecule has 0 aromatic heterocycles. The Morgan fingerprint density at radius 3 is 2.86 bits per heavy atom. The molecule has 1 aromatic carbocycles. The summed E-state index contributed by atoms with van der Waals surface area (Å²) >= 11 is 0. The summed E-state index contributed by atoms with van der Waals surface area (Å²) in [7, 11) is 1.37. The number of rotatable bonds is 4. The molecule has 0 saturated heterocycles. The number of ether oxygens (including phenoxy) is 1. The Kier molecular flexibility index (Phi) is 3.85. The molecule has 14 heavy (non-hydrogen) atoms. The van der Waals surface area contributed by atoms with E-state index in [1.807, 2.05) is 0 Å². The van der Waals surface area contributed by atoms with Crippen molar-refractivity contribution >= 4 is 0 Å². The van der Waals surface area contributed by atoms with E-state index in [0.29, 0.717) is 18.5 Å².